The first-order valence-electron chi connectivity index (χ1n) is 8.52. The second-order valence-electron chi connectivity index (χ2n) is 7.82. The molecule has 4 rings (SSSR count). The molecule has 4 atom stereocenters. The average Bonchev–Trinajstić information content (AvgIpc) is 3.23. The molecule has 0 aromatic heterocycles. The first-order valence-corrected chi connectivity index (χ1v) is 9.05. The number of hydrogen-bond donors (Lipinski definition) is 0. The van der Waals surface area contributed by atoms with E-state index in [-0.39, 0.29) is 28.8 Å². The quantitative estimate of drug-likeness (QED) is 0.591. The number of fused-ring (bicyclic) bond motifs is 3. The summed E-state index contributed by atoms with van der Waals surface area (Å²) in [5.41, 5.74) is -0.357. The van der Waals surface area contributed by atoms with Gasteiger partial charge in [-0.3, -0.25) is 9.59 Å². The molecule has 0 N–H and O–H groups in total. The Hall–Kier alpha value is -0.770. The number of hydrogen-bond acceptors (Lipinski definition) is 4. The zero-order valence-electron chi connectivity index (χ0n) is 12.8. The Morgan fingerprint density at radius 1 is 1.32 bits per heavy atom. The number of halogens is 1. The Bertz CT molecular complexity index is 499. The van der Waals surface area contributed by atoms with Crippen LogP contribution in [0, 0.1) is 23.2 Å². The Morgan fingerprint density at radius 3 is 2.73 bits per heavy atom. The Morgan fingerprint density at radius 2 is 2.09 bits per heavy atom. The second kappa shape index (κ2) is 5.12. The van der Waals surface area contributed by atoms with E-state index in [9.17, 15) is 9.59 Å². The van der Waals surface area contributed by atoms with Gasteiger partial charge in [0.15, 0.2) is 0 Å². The van der Waals surface area contributed by atoms with Crippen LogP contribution in [-0.2, 0) is 19.1 Å². The molecule has 1 heterocycles. The highest BCUT2D eigenvalue weighted by atomic mass is 35.5. The molecule has 5 heteroatoms. The van der Waals surface area contributed by atoms with E-state index in [0.717, 1.165) is 38.5 Å². The van der Waals surface area contributed by atoms with Gasteiger partial charge < -0.3 is 9.47 Å². The zero-order valence-corrected chi connectivity index (χ0v) is 13.6. The van der Waals surface area contributed by atoms with Crippen LogP contribution in [0.5, 0.6) is 0 Å². The lowest BCUT2D eigenvalue weighted by Crippen LogP contribution is -2.36. The molecule has 0 amide bonds. The van der Waals surface area contributed by atoms with E-state index < -0.39 is 0 Å². The number of rotatable bonds is 3. The summed E-state index contributed by atoms with van der Waals surface area (Å²) in [6.07, 6.45) is 8.43. The third-order valence-electron chi connectivity index (χ3n) is 6.68. The van der Waals surface area contributed by atoms with E-state index in [4.69, 9.17) is 21.1 Å². The molecular formula is C17H23ClO4. The molecule has 1 aliphatic heterocycles. The summed E-state index contributed by atoms with van der Waals surface area (Å²) in [5.74, 6) is 0.958. The van der Waals surface area contributed by atoms with E-state index in [1.165, 1.54) is 12.8 Å². The smallest absolute Gasteiger partial charge is 0.320 e. The number of alkyl halides is 1. The number of carbonyl (C=O) groups is 2. The fourth-order valence-electron chi connectivity index (χ4n) is 5.74. The molecule has 1 saturated heterocycles. The molecule has 4 nitrogen and oxygen atoms in total. The van der Waals surface area contributed by atoms with Crippen molar-refractivity contribution in [2.45, 2.75) is 57.0 Å². The first kappa shape index (κ1) is 14.8. The van der Waals surface area contributed by atoms with Crippen LogP contribution in [0.4, 0.5) is 0 Å². The van der Waals surface area contributed by atoms with Crippen LogP contribution >= 0.6 is 11.6 Å². The van der Waals surface area contributed by atoms with Gasteiger partial charge in [-0.1, -0.05) is 0 Å². The minimum atomic E-state index is -0.343. The molecular weight excluding hydrogens is 304 g/mol. The van der Waals surface area contributed by atoms with Gasteiger partial charge >= 0.3 is 11.9 Å². The van der Waals surface area contributed by atoms with Crippen LogP contribution in [0.15, 0.2) is 0 Å². The molecule has 22 heavy (non-hydrogen) atoms. The fourth-order valence-corrected chi connectivity index (χ4v) is 5.81. The van der Waals surface area contributed by atoms with Crippen LogP contribution in [0.2, 0.25) is 0 Å². The summed E-state index contributed by atoms with van der Waals surface area (Å²) in [6, 6.07) is 0. The molecule has 3 saturated carbocycles. The fraction of sp³-hybridized carbons (Fsp3) is 0.882. The van der Waals surface area contributed by atoms with Crippen molar-refractivity contribution in [1.82, 2.24) is 0 Å². The van der Waals surface area contributed by atoms with Gasteiger partial charge in [-0.25, -0.2) is 0 Å². The Labute approximate surface area is 135 Å². The maximum Gasteiger partial charge on any atom is 0.320 e. The van der Waals surface area contributed by atoms with Gasteiger partial charge in [0.1, 0.15) is 11.5 Å². The summed E-state index contributed by atoms with van der Waals surface area (Å²) < 4.78 is 11.1. The van der Waals surface area contributed by atoms with Crippen molar-refractivity contribution in [3.8, 4) is 0 Å². The van der Waals surface area contributed by atoms with E-state index in [1.807, 2.05) is 0 Å². The Kier molecular flexibility index (Phi) is 3.44. The molecule has 0 aromatic rings. The number of ether oxygens (including phenoxy) is 2. The van der Waals surface area contributed by atoms with E-state index in [2.05, 4.69) is 0 Å². The Balaban J connectivity index is 1.43. The maximum absolute atomic E-state index is 12.6. The van der Waals surface area contributed by atoms with Crippen molar-refractivity contribution in [2.24, 2.45) is 23.2 Å². The first-order chi connectivity index (χ1) is 10.6. The number of esters is 2. The second-order valence-corrected chi connectivity index (χ2v) is 8.09. The highest BCUT2D eigenvalue weighted by Crippen LogP contribution is 2.66. The van der Waals surface area contributed by atoms with Crippen LogP contribution in [0.3, 0.4) is 0 Å². The molecule has 0 radical (unpaired) electrons. The van der Waals surface area contributed by atoms with E-state index in [0.29, 0.717) is 24.4 Å². The normalized spacial score (nSPS) is 41.5. The molecule has 4 unspecified atom stereocenters. The minimum absolute atomic E-state index is 0.0677. The standard InChI is InChI=1S/C17H23ClO4/c18-8-14(19)21-9-12-6-13-5-11(12)7-17(13)10-16(22-15(17)20)3-1-2-4-16/h11-13H,1-10H2. The van der Waals surface area contributed by atoms with Crippen LogP contribution in [0.1, 0.15) is 51.4 Å². The molecule has 3 aliphatic carbocycles. The molecule has 2 spiro atoms. The molecule has 2 bridgehead atoms. The zero-order chi connectivity index (χ0) is 15.4. The van der Waals surface area contributed by atoms with E-state index in [1.54, 1.807) is 0 Å². The predicted octanol–water partition coefficient (Wildman–Crippen LogP) is 3.06. The monoisotopic (exact) mass is 326 g/mol. The van der Waals surface area contributed by atoms with Gasteiger partial charge in [-0.2, -0.15) is 0 Å². The highest BCUT2D eigenvalue weighted by molar-refractivity contribution is 6.26. The summed E-state index contributed by atoms with van der Waals surface area (Å²) in [7, 11) is 0. The van der Waals surface area contributed by atoms with Crippen LogP contribution < -0.4 is 0 Å². The van der Waals surface area contributed by atoms with Crippen LogP contribution in [-0.4, -0.2) is 30.0 Å². The van der Waals surface area contributed by atoms with Gasteiger partial charge in [-0.15, -0.1) is 11.6 Å². The van der Waals surface area contributed by atoms with Crippen molar-refractivity contribution in [2.75, 3.05) is 12.5 Å². The van der Waals surface area contributed by atoms with Gasteiger partial charge in [0.2, 0.25) is 0 Å². The van der Waals surface area contributed by atoms with E-state index >= 15 is 0 Å². The lowest BCUT2D eigenvalue weighted by atomic mass is 9.66. The van der Waals surface area contributed by atoms with Crippen molar-refractivity contribution in [3.05, 3.63) is 0 Å². The summed E-state index contributed by atoms with van der Waals surface area (Å²) in [4.78, 5) is 23.9. The van der Waals surface area contributed by atoms with Gasteiger partial charge in [-0.05, 0) is 62.7 Å². The summed E-state index contributed by atoms with van der Waals surface area (Å²) >= 11 is 5.47. The van der Waals surface area contributed by atoms with Crippen molar-refractivity contribution in [1.29, 1.82) is 0 Å². The molecule has 4 fully saturated rings. The summed E-state index contributed by atoms with van der Waals surface area (Å²) in [5, 5.41) is 0. The van der Waals surface area contributed by atoms with Gasteiger partial charge in [0, 0.05) is 6.42 Å². The molecule has 122 valence electrons. The maximum atomic E-state index is 12.6. The largest absolute Gasteiger partial charge is 0.464 e. The SMILES string of the molecule is O=C(CCl)OCC1CC2CC1CC21CC2(CCCC2)OC1=O. The van der Waals surface area contributed by atoms with Crippen molar-refractivity contribution in [3.63, 3.8) is 0 Å². The molecule has 4 aliphatic rings. The lowest BCUT2D eigenvalue weighted by molar-refractivity contribution is -0.156. The third-order valence-corrected chi connectivity index (χ3v) is 6.90. The summed E-state index contributed by atoms with van der Waals surface area (Å²) in [6.45, 7) is 0.461. The minimum Gasteiger partial charge on any atom is -0.464 e. The highest BCUT2D eigenvalue weighted by Gasteiger charge is 2.66. The molecule has 0 aromatic carbocycles. The third kappa shape index (κ3) is 2.10. The number of carbonyl (C=O) groups excluding carboxylic acids is 2. The predicted molar refractivity (Wildman–Crippen MR) is 80.3 cm³/mol. The van der Waals surface area contributed by atoms with Crippen molar-refractivity contribution >= 4 is 23.5 Å². The van der Waals surface area contributed by atoms with Gasteiger partial charge in [0.25, 0.3) is 0 Å². The van der Waals surface area contributed by atoms with Crippen LogP contribution in [0.25, 0.3) is 0 Å². The van der Waals surface area contributed by atoms with Crippen molar-refractivity contribution < 1.29 is 19.1 Å². The topological polar surface area (TPSA) is 52.6 Å². The van der Waals surface area contributed by atoms with Gasteiger partial charge in [0.05, 0.1) is 12.0 Å². The average molecular weight is 327 g/mol. The lowest BCUT2D eigenvalue weighted by Gasteiger charge is -2.34.